The lowest BCUT2D eigenvalue weighted by Gasteiger charge is -2.35. The minimum absolute atomic E-state index is 0.0179. The van der Waals surface area contributed by atoms with Crippen LogP contribution in [0.25, 0.3) is 22.3 Å². The van der Waals surface area contributed by atoms with E-state index >= 15 is 0 Å². The highest BCUT2D eigenvalue weighted by Gasteiger charge is 2.62. The molecule has 2 unspecified atom stereocenters. The van der Waals surface area contributed by atoms with Gasteiger partial charge in [0.15, 0.2) is 5.13 Å². The maximum absolute atomic E-state index is 14.9. The van der Waals surface area contributed by atoms with Crippen molar-refractivity contribution in [3.05, 3.63) is 41.3 Å². The number of anilines is 1. The monoisotopic (exact) mass is 935 g/mol. The summed E-state index contributed by atoms with van der Waals surface area (Å²) in [5, 5.41) is 12.7. The Bertz CT molecular complexity index is 2290. The van der Waals surface area contributed by atoms with Gasteiger partial charge >= 0.3 is 12.1 Å². The minimum Gasteiger partial charge on any atom is -0.491 e. The van der Waals surface area contributed by atoms with Gasteiger partial charge in [-0.15, -0.1) is 17.9 Å². The van der Waals surface area contributed by atoms with Crippen molar-refractivity contribution in [2.24, 2.45) is 23.2 Å². The molecule has 0 radical (unpaired) electrons. The molecular formula is C47H62ClN7O9S. The third kappa shape index (κ3) is 10.2. The number of methoxy groups -OCH3 is 2. The standard InChI is InChI=1S/C47H62ClN7O9S/c1-9-28-21-47(28,43(58)61-8)53-41(56)35-19-31(23-55(35)42(57)40(46(4,5)6)52-45(59)64-30-17-26-16-27(26)18-30)63-37-20-33(34-24-65-44(51-34)49-25(2)3)50-39-32(37)10-11-36(38(39)48)62-15-14-54-13-12-29(22-54)60-7/h9-11,20,24-31,35,40H,1,12-19,21-23H2,2-8H3,(H,49,51)(H,52,59)(H,53,56)/t26-,27+,28-,29-,30+,31?,35+,40-,47?/m1/s1. The Hall–Kier alpha value is -4.71. The zero-order chi connectivity index (χ0) is 46.4. The fraction of sp³-hybridized carbons (Fsp3) is 0.617. The minimum atomic E-state index is -1.31. The van der Waals surface area contributed by atoms with Crippen LogP contribution in [0.4, 0.5) is 9.93 Å². The van der Waals surface area contributed by atoms with Crippen LogP contribution in [0.15, 0.2) is 36.2 Å². The van der Waals surface area contributed by atoms with E-state index in [0.29, 0.717) is 70.2 Å². The summed E-state index contributed by atoms with van der Waals surface area (Å²) in [5.74, 6) is 0.105. The largest absolute Gasteiger partial charge is 0.491 e. The summed E-state index contributed by atoms with van der Waals surface area (Å²) in [5.41, 5.74) is -0.552. The molecular weight excluding hydrogens is 874 g/mol. The van der Waals surface area contributed by atoms with Crippen molar-refractivity contribution in [1.82, 2.24) is 30.4 Å². The van der Waals surface area contributed by atoms with Crippen LogP contribution < -0.4 is 25.4 Å². The number of carbonyl (C=O) groups is 4. The number of aromatic nitrogens is 2. The van der Waals surface area contributed by atoms with Gasteiger partial charge < -0.3 is 44.5 Å². The van der Waals surface area contributed by atoms with Crippen LogP contribution in [-0.4, -0.2) is 133 Å². The van der Waals surface area contributed by atoms with Crippen molar-refractivity contribution >= 4 is 62.8 Å². The number of halogens is 1. The summed E-state index contributed by atoms with van der Waals surface area (Å²) < 4.78 is 29.6. The van der Waals surface area contributed by atoms with Gasteiger partial charge in [0.1, 0.15) is 58.7 Å². The molecule has 0 bridgehead atoms. The molecule has 16 nitrogen and oxygen atoms in total. The van der Waals surface area contributed by atoms with Crippen molar-refractivity contribution in [3.8, 4) is 22.9 Å². The fourth-order valence-corrected chi connectivity index (χ4v) is 10.8. The van der Waals surface area contributed by atoms with Crippen LogP contribution in [0, 0.1) is 23.2 Å². The molecule has 2 saturated heterocycles. The molecule has 2 aliphatic heterocycles. The molecule has 8 rings (SSSR count). The summed E-state index contributed by atoms with van der Waals surface area (Å²) >= 11 is 8.59. The summed E-state index contributed by atoms with van der Waals surface area (Å²) in [6.07, 6.45) is 4.40. The third-order valence-electron chi connectivity index (χ3n) is 13.4. The highest BCUT2D eigenvalue weighted by molar-refractivity contribution is 7.14. The number of likely N-dealkylation sites (tertiary alicyclic amines) is 2. The van der Waals surface area contributed by atoms with Gasteiger partial charge in [-0.05, 0) is 75.3 Å². The first kappa shape index (κ1) is 46.8. The van der Waals surface area contributed by atoms with E-state index in [1.165, 1.54) is 29.8 Å². The van der Waals surface area contributed by atoms with Gasteiger partial charge in [0, 0.05) is 62.0 Å². The Morgan fingerprint density at radius 1 is 1.02 bits per heavy atom. The Kier molecular flexibility index (Phi) is 13.6. The van der Waals surface area contributed by atoms with Gasteiger partial charge in [0.2, 0.25) is 11.8 Å². The molecule has 3 saturated carbocycles. The normalized spacial score (nSPS) is 27.5. The smallest absolute Gasteiger partial charge is 0.408 e. The van der Waals surface area contributed by atoms with Crippen LogP contribution in [0.2, 0.25) is 5.02 Å². The van der Waals surface area contributed by atoms with Crippen molar-refractivity contribution in [1.29, 1.82) is 0 Å². The summed E-state index contributed by atoms with van der Waals surface area (Å²) in [7, 11) is 3.00. The van der Waals surface area contributed by atoms with Crippen molar-refractivity contribution in [2.45, 2.75) is 115 Å². The van der Waals surface area contributed by atoms with Crippen molar-refractivity contribution in [2.75, 3.05) is 52.3 Å². The molecule has 1 aromatic carbocycles. The van der Waals surface area contributed by atoms with Crippen LogP contribution in [0.3, 0.4) is 0 Å². The number of pyridine rings is 1. The summed E-state index contributed by atoms with van der Waals surface area (Å²) in [6, 6.07) is 3.44. The van der Waals surface area contributed by atoms with E-state index in [9.17, 15) is 19.2 Å². The van der Waals surface area contributed by atoms with Crippen LogP contribution in [0.5, 0.6) is 11.5 Å². The molecule has 3 N–H and O–H groups in total. The highest BCUT2D eigenvalue weighted by Crippen LogP contribution is 2.52. The Balaban J connectivity index is 1.09. The average molecular weight is 937 g/mol. The van der Waals surface area contributed by atoms with E-state index in [-0.39, 0.29) is 37.1 Å². The molecule has 65 heavy (non-hydrogen) atoms. The highest BCUT2D eigenvalue weighted by atomic mass is 35.5. The van der Waals surface area contributed by atoms with Gasteiger partial charge in [0.25, 0.3) is 0 Å². The number of ether oxygens (including phenoxy) is 5. The number of carbonyl (C=O) groups excluding carboxylic acids is 4. The molecule has 3 amide bonds. The van der Waals surface area contributed by atoms with Gasteiger partial charge in [-0.2, -0.15) is 0 Å². The fourth-order valence-electron chi connectivity index (χ4n) is 9.65. The van der Waals surface area contributed by atoms with Crippen LogP contribution in [0.1, 0.15) is 73.1 Å². The zero-order valence-electron chi connectivity index (χ0n) is 38.3. The Morgan fingerprint density at radius 2 is 1.78 bits per heavy atom. The number of amides is 3. The number of benzene rings is 1. The van der Waals surface area contributed by atoms with E-state index in [4.69, 9.17) is 45.3 Å². The lowest BCUT2D eigenvalue weighted by molar-refractivity contribution is -0.148. The first-order valence-electron chi connectivity index (χ1n) is 22.7. The van der Waals surface area contributed by atoms with Crippen LogP contribution >= 0.6 is 22.9 Å². The number of nitrogens with zero attached hydrogens (tertiary/aromatic N) is 4. The summed E-state index contributed by atoms with van der Waals surface area (Å²) in [4.78, 5) is 69.4. The first-order chi connectivity index (χ1) is 31.0. The number of thiazole rings is 1. The first-order valence-corrected chi connectivity index (χ1v) is 24.0. The van der Waals surface area contributed by atoms with E-state index in [1.54, 1.807) is 25.3 Å². The molecule has 352 valence electrons. The second kappa shape index (κ2) is 18.9. The summed E-state index contributed by atoms with van der Waals surface area (Å²) in [6.45, 7) is 16.3. The quantitative estimate of drug-likeness (QED) is 0.0993. The predicted octanol–water partition coefficient (Wildman–Crippen LogP) is 6.45. The zero-order valence-corrected chi connectivity index (χ0v) is 39.9. The number of rotatable bonds is 17. The number of esters is 1. The molecule has 3 aromatic rings. The maximum Gasteiger partial charge on any atom is 0.408 e. The van der Waals surface area contributed by atoms with Gasteiger partial charge in [-0.25, -0.2) is 19.6 Å². The van der Waals surface area contributed by atoms with E-state index in [1.807, 2.05) is 46.1 Å². The van der Waals surface area contributed by atoms with E-state index in [2.05, 4.69) is 27.4 Å². The van der Waals surface area contributed by atoms with Crippen LogP contribution in [-0.2, 0) is 28.6 Å². The predicted molar refractivity (Wildman–Crippen MR) is 247 cm³/mol. The van der Waals surface area contributed by atoms with E-state index in [0.717, 1.165) is 37.5 Å². The molecule has 9 atom stereocenters. The number of alkyl carbamates (subject to hydrolysis) is 1. The Labute approximate surface area is 389 Å². The molecule has 5 fully saturated rings. The number of fused-ring (bicyclic) bond motifs is 2. The topological polar surface area (TPSA) is 183 Å². The molecule has 5 aliphatic rings. The third-order valence-corrected chi connectivity index (χ3v) is 14.6. The maximum atomic E-state index is 14.9. The van der Waals surface area contributed by atoms with Gasteiger partial charge in [-0.3, -0.25) is 14.5 Å². The molecule has 18 heteroatoms. The average Bonchev–Trinajstić information content (AvgIpc) is 3.74. The lowest BCUT2D eigenvalue weighted by atomic mass is 9.85. The molecule has 0 spiro atoms. The number of nitrogens with one attached hydrogen (secondary N) is 3. The van der Waals surface area contributed by atoms with E-state index < -0.39 is 53.0 Å². The second-order valence-electron chi connectivity index (χ2n) is 19.6. The Morgan fingerprint density at radius 3 is 2.45 bits per heavy atom. The van der Waals surface area contributed by atoms with Gasteiger partial charge in [-0.1, -0.05) is 38.4 Å². The number of hydrogen-bond acceptors (Lipinski definition) is 14. The van der Waals surface area contributed by atoms with Crippen molar-refractivity contribution in [3.63, 3.8) is 0 Å². The molecule has 3 aliphatic carbocycles. The number of hydrogen-bond donors (Lipinski definition) is 3. The molecule has 4 heterocycles. The lowest BCUT2D eigenvalue weighted by Crippen LogP contribution is -2.59. The second-order valence-corrected chi connectivity index (χ2v) is 20.8. The van der Waals surface area contributed by atoms with Gasteiger partial charge in [0.05, 0.1) is 31.0 Å². The SMILES string of the molecule is C=C[C@@H]1CC1(NC(=O)[C@@H]1CC(Oc2cc(-c3csc(NC(C)C)n3)nc3c(Cl)c(OCCN4CC[C@@H](OC)C4)ccc23)CN1C(=O)[C@@H](NC(=O)O[C@@H]1C[C@@H]2C[C@@H]2C1)C(C)(C)C)C(=O)OC. The van der Waals surface area contributed by atoms with Crippen molar-refractivity contribution < 1.29 is 42.9 Å². The molecule has 2 aromatic heterocycles.